The Balaban J connectivity index is 2.09. The molecule has 0 unspecified atom stereocenters. The third kappa shape index (κ3) is 3.03. The maximum atomic E-state index is 11.8. The fourth-order valence-electron chi connectivity index (χ4n) is 2.30. The highest BCUT2D eigenvalue weighted by Gasteiger charge is 2.20. The molecule has 1 aromatic carbocycles. The number of fused-ring (bicyclic) bond motifs is 1. The summed E-state index contributed by atoms with van der Waals surface area (Å²) < 4.78 is 0.662. The van der Waals surface area contributed by atoms with Gasteiger partial charge >= 0.3 is 0 Å². The molecule has 0 spiro atoms. The topological polar surface area (TPSA) is 92.1 Å². The lowest BCUT2D eigenvalue weighted by atomic mass is 10.1. The Morgan fingerprint density at radius 1 is 1.43 bits per heavy atom. The number of nitro groups is 1. The molecular formula is C14H11ClN4O3S. The van der Waals surface area contributed by atoms with E-state index in [9.17, 15) is 14.9 Å². The van der Waals surface area contributed by atoms with Gasteiger partial charge in [0.25, 0.3) is 11.2 Å². The third-order valence-corrected chi connectivity index (χ3v) is 4.58. The second kappa shape index (κ2) is 5.98. The first-order valence-corrected chi connectivity index (χ1v) is 7.76. The van der Waals surface area contributed by atoms with Crippen molar-refractivity contribution in [2.24, 2.45) is 0 Å². The highest BCUT2D eigenvalue weighted by Crippen LogP contribution is 2.32. The van der Waals surface area contributed by atoms with Gasteiger partial charge in [0.1, 0.15) is 5.69 Å². The number of nitro benzene ring substituents is 1. The molecular weight excluding hydrogens is 340 g/mol. The quantitative estimate of drug-likeness (QED) is 0.576. The number of aromatic nitrogens is 2. The zero-order valence-electron chi connectivity index (χ0n) is 11.9. The summed E-state index contributed by atoms with van der Waals surface area (Å²) in [6.07, 6.45) is 1.28. The lowest BCUT2D eigenvalue weighted by Crippen LogP contribution is -2.18. The Morgan fingerprint density at radius 3 is 2.87 bits per heavy atom. The van der Waals surface area contributed by atoms with Gasteiger partial charge in [-0.2, -0.15) is 0 Å². The van der Waals surface area contributed by atoms with Crippen LogP contribution in [-0.4, -0.2) is 21.9 Å². The molecule has 0 bridgehead atoms. The van der Waals surface area contributed by atoms with Crippen molar-refractivity contribution in [3.05, 3.63) is 60.3 Å². The molecule has 1 N–H and O–H groups in total. The number of thiophene rings is 1. The van der Waals surface area contributed by atoms with Crippen LogP contribution in [0.3, 0.4) is 0 Å². The number of hydrogen-bond donors (Lipinski definition) is 1. The highest BCUT2D eigenvalue weighted by molar-refractivity contribution is 7.16. The van der Waals surface area contributed by atoms with Crippen molar-refractivity contribution in [1.82, 2.24) is 9.97 Å². The largest absolute Gasteiger partial charge is 0.364 e. The highest BCUT2D eigenvalue weighted by atomic mass is 35.5. The molecule has 118 valence electrons. The first kappa shape index (κ1) is 15.4. The van der Waals surface area contributed by atoms with Crippen molar-refractivity contribution in [2.75, 3.05) is 11.9 Å². The summed E-state index contributed by atoms with van der Waals surface area (Å²) in [5.41, 5.74) is 0.258. The zero-order chi connectivity index (χ0) is 16.6. The number of anilines is 1. The van der Waals surface area contributed by atoms with E-state index in [1.807, 2.05) is 6.07 Å². The number of nitrogens with one attached hydrogen (secondary N) is 1. The second-order valence-corrected chi connectivity index (χ2v) is 6.71. The summed E-state index contributed by atoms with van der Waals surface area (Å²) in [4.78, 5) is 31.9. The average Bonchev–Trinajstić information content (AvgIpc) is 2.91. The minimum atomic E-state index is -0.501. The summed E-state index contributed by atoms with van der Waals surface area (Å²) in [5, 5.41) is 11.6. The molecule has 0 atom stereocenters. The van der Waals surface area contributed by atoms with Gasteiger partial charge in [0.05, 0.1) is 33.0 Å². The molecule has 2 aromatic heterocycles. The molecule has 0 radical (unpaired) electrons. The molecule has 0 aliphatic carbocycles. The molecule has 2 heterocycles. The van der Waals surface area contributed by atoms with Crippen LogP contribution in [0, 0.1) is 10.1 Å². The van der Waals surface area contributed by atoms with Gasteiger partial charge in [-0.3, -0.25) is 14.9 Å². The average molecular weight is 351 g/mol. The van der Waals surface area contributed by atoms with Gasteiger partial charge in [-0.15, -0.1) is 11.3 Å². The van der Waals surface area contributed by atoms with E-state index in [1.54, 1.807) is 24.1 Å². The van der Waals surface area contributed by atoms with Crippen LogP contribution < -0.4 is 10.5 Å². The van der Waals surface area contributed by atoms with Gasteiger partial charge in [-0.05, 0) is 18.2 Å². The van der Waals surface area contributed by atoms with Gasteiger partial charge in [0.2, 0.25) is 0 Å². The van der Waals surface area contributed by atoms with E-state index in [2.05, 4.69) is 9.97 Å². The van der Waals surface area contributed by atoms with Crippen molar-refractivity contribution >= 4 is 45.2 Å². The predicted molar refractivity (Wildman–Crippen MR) is 90.5 cm³/mol. The maximum absolute atomic E-state index is 11.8. The standard InChI is InChI=1S/C14H11ClN4O3S/c1-18(6-8-2-3-13(15)23-8)11-5-10-9(4-12(11)19(21)22)14(20)17-7-16-10/h2-5,7H,6H2,1H3,(H,16,17,20). The smallest absolute Gasteiger partial charge is 0.293 e. The van der Waals surface area contributed by atoms with Gasteiger partial charge in [-0.25, -0.2) is 4.98 Å². The second-order valence-electron chi connectivity index (χ2n) is 4.91. The number of benzene rings is 1. The number of aromatic amines is 1. The van der Waals surface area contributed by atoms with Crippen LogP contribution in [0.5, 0.6) is 0 Å². The molecule has 7 nitrogen and oxygen atoms in total. The fraction of sp³-hybridized carbons (Fsp3) is 0.143. The van der Waals surface area contributed by atoms with Crippen molar-refractivity contribution in [1.29, 1.82) is 0 Å². The SMILES string of the molecule is CN(Cc1ccc(Cl)s1)c1cc2nc[nH]c(=O)c2cc1[N+](=O)[O-]. The van der Waals surface area contributed by atoms with Crippen LogP contribution in [0.25, 0.3) is 10.9 Å². The fourth-order valence-corrected chi connectivity index (χ4v) is 3.44. The third-order valence-electron chi connectivity index (χ3n) is 3.37. The summed E-state index contributed by atoms with van der Waals surface area (Å²) in [6, 6.07) is 6.47. The van der Waals surface area contributed by atoms with Crippen molar-refractivity contribution in [3.8, 4) is 0 Å². The Morgan fingerprint density at radius 2 is 2.22 bits per heavy atom. The van der Waals surface area contributed by atoms with E-state index in [-0.39, 0.29) is 11.1 Å². The van der Waals surface area contributed by atoms with E-state index in [4.69, 9.17) is 11.6 Å². The first-order valence-electron chi connectivity index (χ1n) is 6.57. The van der Waals surface area contributed by atoms with Gasteiger partial charge in [0, 0.05) is 18.0 Å². The zero-order valence-corrected chi connectivity index (χ0v) is 13.5. The van der Waals surface area contributed by atoms with Gasteiger partial charge < -0.3 is 9.88 Å². The molecule has 0 saturated heterocycles. The number of nitrogens with zero attached hydrogens (tertiary/aromatic N) is 3. The Hall–Kier alpha value is -2.45. The Bertz CT molecular complexity index is 953. The van der Waals surface area contributed by atoms with Crippen molar-refractivity contribution in [2.45, 2.75) is 6.54 Å². The van der Waals surface area contributed by atoms with Crippen LogP contribution in [0.2, 0.25) is 4.34 Å². The van der Waals surface area contributed by atoms with E-state index in [1.165, 1.54) is 23.7 Å². The lowest BCUT2D eigenvalue weighted by Gasteiger charge is -2.18. The predicted octanol–water partition coefficient (Wildman–Crippen LogP) is 3.18. The normalized spacial score (nSPS) is 10.9. The molecule has 3 aromatic rings. The number of hydrogen-bond acceptors (Lipinski definition) is 6. The molecule has 0 amide bonds. The first-order chi connectivity index (χ1) is 11.0. The van der Waals surface area contributed by atoms with Crippen LogP contribution in [-0.2, 0) is 6.54 Å². The molecule has 0 fully saturated rings. The van der Waals surface area contributed by atoms with Crippen molar-refractivity contribution < 1.29 is 4.92 Å². The lowest BCUT2D eigenvalue weighted by molar-refractivity contribution is -0.384. The van der Waals surface area contributed by atoms with E-state index in [0.29, 0.717) is 22.1 Å². The van der Waals surface area contributed by atoms with Crippen LogP contribution >= 0.6 is 22.9 Å². The molecule has 0 aliphatic heterocycles. The van der Waals surface area contributed by atoms with E-state index < -0.39 is 10.5 Å². The number of rotatable bonds is 4. The monoisotopic (exact) mass is 350 g/mol. The van der Waals surface area contributed by atoms with E-state index in [0.717, 1.165) is 4.88 Å². The minimum absolute atomic E-state index is 0.138. The number of H-pyrrole nitrogens is 1. The molecule has 0 aliphatic rings. The Labute approximate surface area is 139 Å². The summed E-state index contributed by atoms with van der Waals surface area (Å²) in [5.74, 6) is 0. The molecule has 0 saturated carbocycles. The minimum Gasteiger partial charge on any atom is -0.364 e. The molecule has 9 heteroatoms. The summed E-state index contributed by atoms with van der Waals surface area (Å²) >= 11 is 7.33. The van der Waals surface area contributed by atoms with Crippen LogP contribution in [0.1, 0.15) is 4.88 Å². The van der Waals surface area contributed by atoms with E-state index >= 15 is 0 Å². The van der Waals surface area contributed by atoms with Crippen molar-refractivity contribution in [3.63, 3.8) is 0 Å². The van der Waals surface area contributed by atoms with Crippen LogP contribution in [0.15, 0.2) is 35.4 Å². The molecule has 3 rings (SSSR count). The van der Waals surface area contributed by atoms with Crippen LogP contribution in [0.4, 0.5) is 11.4 Å². The molecule has 23 heavy (non-hydrogen) atoms. The maximum Gasteiger partial charge on any atom is 0.293 e. The number of halogens is 1. The summed E-state index contributed by atoms with van der Waals surface area (Å²) in [6.45, 7) is 0.465. The van der Waals surface area contributed by atoms with Gasteiger partial charge in [0.15, 0.2) is 0 Å². The van der Waals surface area contributed by atoms with Gasteiger partial charge in [-0.1, -0.05) is 11.6 Å². The summed E-state index contributed by atoms with van der Waals surface area (Å²) in [7, 11) is 1.75. The Kier molecular flexibility index (Phi) is 4.01.